The summed E-state index contributed by atoms with van der Waals surface area (Å²) < 4.78 is 5.42. The maximum absolute atomic E-state index is 12.8. The van der Waals surface area contributed by atoms with Gasteiger partial charge in [-0.3, -0.25) is 4.79 Å². The van der Waals surface area contributed by atoms with Gasteiger partial charge in [0.05, 0.1) is 13.2 Å². The van der Waals surface area contributed by atoms with E-state index in [0.29, 0.717) is 5.78 Å². The molecule has 2 aliphatic rings. The van der Waals surface area contributed by atoms with Gasteiger partial charge in [0.2, 0.25) is 0 Å². The molecule has 0 N–H and O–H groups in total. The third-order valence-electron chi connectivity index (χ3n) is 5.70. The lowest BCUT2D eigenvalue weighted by Crippen LogP contribution is -2.42. The summed E-state index contributed by atoms with van der Waals surface area (Å²) in [4.78, 5) is 15.2. The molecule has 3 heteroatoms. The molecule has 1 fully saturated rings. The Morgan fingerprint density at radius 1 is 1.04 bits per heavy atom. The van der Waals surface area contributed by atoms with Crippen LogP contribution in [0.15, 0.2) is 48.5 Å². The van der Waals surface area contributed by atoms with Gasteiger partial charge < -0.3 is 9.64 Å². The zero-order valence-electron chi connectivity index (χ0n) is 14.8. The number of fused-ring (bicyclic) bond motifs is 1. The summed E-state index contributed by atoms with van der Waals surface area (Å²) in [6, 6.07) is 17.0. The predicted molar refractivity (Wildman–Crippen MR) is 100 cm³/mol. The Hall–Kier alpha value is -2.29. The summed E-state index contributed by atoms with van der Waals surface area (Å²) in [7, 11) is 1.70. The van der Waals surface area contributed by atoms with Crippen molar-refractivity contribution in [1.29, 1.82) is 0 Å². The summed E-state index contributed by atoms with van der Waals surface area (Å²) in [5, 5.41) is 0. The first-order valence-corrected chi connectivity index (χ1v) is 9.29. The minimum absolute atomic E-state index is 0.0985. The Morgan fingerprint density at radius 3 is 2.76 bits per heavy atom. The maximum atomic E-state index is 12.8. The fraction of sp³-hybridized carbons (Fsp3) is 0.409. The van der Waals surface area contributed by atoms with Gasteiger partial charge in [-0.25, -0.2) is 0 Å². The van der Waals surface area contributed by atoms with Crippen molar-refractivity contribution in [1.82, 2.24) is 0 Å². The largest absolute Gasteiger partial charge is 0.497 e. The van der Waals surface area contributed by atoms with E-state index in [-0.39, 0.29) is 12.0 Å². The molecule has 25 heavy (non-hydrogen) atoms. The van der Waals surface area contributed by atoms with Crippen molar-refractivity contribution in [3.05, 3.63) is 59.7 Å². The summed E-state index contributed by atoms with van der Waals surface area (Å²) >= 11 is 0. The molecule has 1 saturated carbocycles. The highest BCUT2D eigenvalue weighted by atomic mass is 16.5. The highest BCUT2D eigenvalue weighted by Gasteiger charge is 2.38. The molecular formula is C22H25NO2. The van der Waals surface area contributed by atoms with E-state index in [4.69, 9.17) is 4.74 Å². The van der Waals surface area contributed by atoms with E-state index >= 15 is 0 Å². The van der Waals surface area contributed by atoms with Crippen LogP contribution < -0.4 is 9.64 Å². The van der Waals surface area contributed by atoms with Crippen molar-refractivity contribution >= 4 is 11.5 Å². The average Bonchev–Trinajstić information content (AvgIpc) is 2.68. The SMILES string of the molecule is COc1cccc(N2CCc3ccccc3[C@H]2[C@@H]2CCCCC2=O)c1. The number of methoxy groups -OCH3 is 1. The summed E-state index contributed by atoms with van der Waals surface area (Å²) in [6.07, 6.45) is 4.95. The van der Waals surface area contributed by atoms with E-state index in [1.165, 1.54) is 11.1 Å². The monoisotopic (exact) mass is 335 g/mol. The minimum atomic E-state index is 0.0985. The van der Waals surface area contributed by atoms with Crippen molar-refractivity contribution in [2.45, 2.75) is 38.1 Å². The van der Waals surface area contributed by atoms with Crippen molar-refractivity contribution < 1.29 is 9.53 Å². The number of hydrogen-bond acceptors (Lipinski definition) is 3. The van der Waals surface area contributed by atoms with Gasteiger partial charge in [-0.05, 0) is 42.5 Å². The summed E-state index contributed by atoms with van der Waals surface area (Å²) in [5.74, 6) is 1.40. The highest BCUT2D eigenvalue weighted by Crippen LogP contribution is 2.43. The molecule has 1 heterocycles. The van der Waals surface area contributed by atoms with Crippen molar-refractivity contribution in [2.75, 3.05) is 18.6 Å². The molecule has 0 bridgehead atoms. The zero-order valence-corrected chi connectivity index (χ0v) is 14.8. The number of ether oxygens (including phenoxy) is 1. The molecule has 3 nitrogen and oxygen atoms in total. The van der Waals surface area contributed by atoms with Crippen molar-refractivity contribution in [3.8, 4) is 5.75 Å². The van der Waals surface area contributed by atoms with Crippen LogP contribution in [0.5, 0.6) is 5.75 Å². The van der Waals surface area contributed by atoms with E-state index in [0.717, 1.165) is 50.1 Å². The second kappa shape index (κ2) is 6.91. The first-order chi connectivity index (χ1) is 12.3. The van der Waals surface area contributed by atoms with Gasteiger partial charge in [0.15, 0.2) is 0 Å². The van der Waals surface area contributed by atoms with Gasteiger partial charge in [-0.1, -0.05) is 36.8 Å². The molecule has 130 valence electrons. The Bertz CT molecular complexity index is 770. The Morgan fingerprint density at radius 2 is 1.92 bits per heavy atom. The summed E-state index contributed by atoms with van der Waals surface area (Å²) in [5.41, 5.74) is 3.87. The molecule has 0 radical (unpaired) electrons. The second-order valence-electron chi connectivity index (χ2n) is 7.11. The smallest absolute Gasteiger partial charge is 0.138 e. The molecule has 4 rings (SSSR count). The first-order valence-electron chi connectivity index (χ1n) is 9.29. The van der Waals surface area contributed by atoms with Gasteiger partial charge in [0.25, 0.3) is 0 Å². The number of rotatable bonds is 3. The molecule has 2 aromatic rings. The van der Waals surface area contributed by atoms with Crippen LogP contribution in [0.2, 0.25) is 0 Å². The van der Waals surface area contributed by atoms with Crippen LogP contribution in [0.25, 0.3) is 0 Å². The number of ketones is 1. The van der Waals surface area contributed by atoms with Gasteiger partial charge in [-0.2, -0.15) is 0 Å². The highest BCUT2D eigenvalue weighted by molar-refractivity contribution is 5.83. The van der Waals surface area contributed by atoms with E-state index in [1.807, 2.05) is 12.1 Å². The number of Topliss-reactive ketones (excluding diaryl/α,β-unsaturated/α-hetero) is 1. The molecule has 2 aromatic carbocycles. The molecule has 1 aliphatic carbocycles. The lowest BCUT2D eigenvalue weighted by Gasteiger charge is -2.43. The second-order valence-corrected chi connectivity index (χ2v) is 7.11. The predicted octanol–water partition coefficient (Wildman–Crippen LogP) is 4.56. The molecule has 0 spiro atoms. The molecule has 0 saturated heterocycles. The van der Waals surface area contributed by atoms with Crippen LogP contribution in [0, 0.1) is 5.92 Å². The number of carbonyl (C=O) groups excluding carboxylic acids is 1. The fourth-order valence-electron chi connectivity index (χ4n) is 4.45. The van der Waals surface area contributed by atoms with E-state index in [1.54, 1.807) is 7.11 Å². The minimum Gasteiger partial charge on any atom is -0.497 e. The number of benzene rings is 2. The van der Waals surface area contributed by atoms with Crippen LogP contribution in [-0.2, 0) is 11.2 Å². The number of hydrogen-bond donors (Lipinski definition) is 0. The van der Waals surface area contributed by atoms with Gasteiger partial charge >= 0.3 is 0 Å². The van der Waals surface area contributed by atoms with E-state index in [2.05, 4.69) is 41.3 Å². The maximum Gasteiger partial charge on any atom is 0.138 e. The third-order valence-corrected chi connectivity index (χ3v) is 5.70. The van der Waals surface area contributed by atoms with Crippen LogP contribution in [0.1, 0.15) is 42.9 Å². The normalized spacial score (nSPS) is 23.2. The Labute approximate surface area is 149 Å². The summed E-state index contributed by atoms with van der Waals surface area (Å²) in [6.45, 7) is 0.943. The van der Waals surface area contributed by atoms with Gasteiger partial charge in [0, 0.05) is 30.6 Å². The van der Waals surface area contributed by atoms with Crippen LogP contribution in [-0.4, -0.2) is 19.4 Å². The number of anilines is 1. The quantitative estimate of drug-likeness (QED) is 0.823. The Balaban J connectivity index is 1.78. The standard InChI is InChI=1S/C22H25NO2/c1-25-18-9-6-8-17(15-18)23-14-13-16-7-2-3-10-19(16)22(23)20-11-4-5-12-21(20)24/h2-3,6-10,15,20,22H,4-5,11-14H2,1H3/t20-,22+/m1/s1. The lowest BCUT2D eigenvalue weighted by molar-refractivity contribution is -0.125. The lowest BCUT2D eigenvalue weighted by atomic mass is 9.76. The van der Waals surface area contributed by atoms with Crippen LogP contribution in [0.3, 0.4) is 0 Å². The van der Waals surface area contributed by atoms with Crippen molar-refractivity contribution in [3.63, 3.8) is 0 Å². The van der Waals surface area contributed by atoms with Crippen LogP contribution >= 0.6 is 0 Å². The zero-order chi connectivity index (χ0) is 17.2. The fourth-order valence-corrected chi connectivity index (χ4v) is 4.45. The first kappa shape index (κ1) is 16.2. The molecule has 0 amide bonds. The molecular weight excluding hydrogens is 310 g/mol. The third kappa shape index (κ3) is 3.04. The topological polar surface area (TPSA) is 29.5 Å². The van der Waals surface area contributed by atoms with Crippen LogP contribution in [0.4, 0.5) is 5.69 Å². The van der Waals surface area contributed by atoms with Gasteiger partial charge in [-0.15, -0.1) is 0 Å². The molecule has 2 atom stereocenters. The average molecular weight is 335 g/mol. The number of nitrogens with zero attached hydrogens (tertiary/aromatic N) is 1. The number of carbonyl (C=O) groups is 1. The van der Waals surface area contributed by atoms with E-state index < -0.39 is 0 Å². The van der Waals surface area contributed by atoms with Crippen molar-refractivity contribution in [2.24, 2.45) is 5.92 Å². The Kier molecular flexibility index (Phi) is 4.48. The molecule has 1 aliphatic heterocycles. The van der Waals surface area contributed by atoms with Gasteiger partial charge in [0.1, 0.15) is 11.5 Å². The molecule has 0 aromatic heterocycles. The van der Waals surface area contributed by atoms with E-state index in [9.17, 15) is 4.79 Å². The molecule has 0 unspecified atom stereocenters.